The fourth-order valence-corrected chi connectivity index (χ4v) is 6.33. The maximum absolute atomic E-state index is 13.7. The van der Waals surface area contributed by atoms with Gasteiger partial charge in [-0.3, -0.25) is 4.79 Å². The number of carbonyl (C=O) groups excluding carboxylic acids is 1. The summed E-state index contributed by atoms with van der Waals surface area (Å²) in [6.07, 6.45) is -2.76. The second-order valence-electron chi connectivity index (χ2n) is 9.87. The van der Waals surface area contributed by atoms with Gasteiger partial charge in [0.15, 0.2) is 11.5 Å². The number of aryl methyl sites for hydroxylation is 2. The standard InChI is InChI=1S/C26H22F5N7OS/c1-13-2-4-14(5-3-13)25(17-7-11-40-17)18-19(32)35-20(36-21(18)37-23(25)39)16-12-38-10-9-33-22(38)15(34-16)6-8-24(27,28)26(29,30)31/h2-5,9-10,12,17H,6-8,11H2,1H3,(H3,32,35,36,37,39). The topological polar surface area (TPSA) is 111 Å². The molecule has 3 aromatic heterocycles. The number of amides is 1. The van der Waals surface area contributed by atoms with E-state index in [4.69, 9.17) is 5.73 Å². The minimum atomic E-state index is -5.69. The molecule has 1 aromatic carbocycles. The van der Waals surface area contributed by atoms with Crippen LogP contribution in [0.3, 0.4) is 0 Å². The first-order valence-corrected chi connectivity index (χ1v) is 13.4. The Balaban J connectivity index is 1.44. The van der Waals surface area contributed by atoms with Crippen LogP contribution in [-0.4, -0.2) is 53.3 Å². The number of anilines is 2. The highest BCUT2D eigenvalue weighted by Crippen LogP contribution is 2.54. The van der Waals surface area contributed by atoms with Crippen LogP contribution in [0.1, 0.15) is 35.2 Å². The second kappa shape index (κ2) is 9.11. The fourth-order valence-electron chi connectivity index (χ4n) is 5.24. The van der Waals surface area contributed by atoms with Crippen LogP contribution < -0.4 is 11.1 Å². The number of benzene rings is 1. The number of fused-ring (bicyclic) bond motifs is 2. The van der Waals surface area contributed by atoms with Crippen molar-refractivity contribution in [2.45, 2.75) is 48.9 Å². The van der Waals surface area contributed by atoms with Crippen LogP contribution in [0.2, 0.25) is 0 Å². The number of carbonyl (C=O) groups is 1. The number of thioether (sulfide) groups is 1. The summed E-state index contributed by atoms with van der Waals surface area (Å²) in [5, 5.41) is 2.77. The highest BCUT2D eigenvalue weighted by Gasteiger charge is 2.58. The number of alkyl halides is 5. The number of imidazole rings is 1. The van der Waals surface area contributed by atoms with Crippen LogP contribution in [0.4, 0.5) is 33.6 Å². The van der Waals surface area contributed by atoms with E-state index in [1.165, 1.54) is 23.0 Å². The quantitative estimate of drug-likeness (QED) is 0.313. The van der Waals surface area contributed by atoms with Gasteiger partial charge >= 0.3 is 12.1 Å². The number of rotatable bonds is 6. The molecule has 2 aliphatic heterocycles. The van der Waals surface area contributed by atoms with Crippen molar-refractivity contribution in [2.24, 2.45) is 0 Å². The number of hydrogen-bond donors (Lipinski definition) is 2. The van der Waals surface area contributed by atoms with E-state index in [0.29, 0.717) is 5.56 Å². The summed E-state index contributed by atoms with van der Waals surface area (Å²) in [5.41, 5.74) is 7.76. The van der Waals surface area contributed by atoms with Gasteiger partial charge < -0.3 is 15.5 Å². The lowest BCUT2D eigenvalue weighted by molar-refractivity contribution is -0.284. The molecule has 2 unspecified atom stereocenters. The highest BCUT2D eigenvalue weighted by atomic mass is 32.2. The van der Waals surface area contributed by atoms with Gasteiger partial charge in [-0.2, -0.15) is 33.7 Å². The number of hydrogen-bond acceptors (Lipinski definition) is 7. The first-order chi connectivity index (χ1) is 18.9. The molecule has 6 rings (SSSR count). The van der Waals surface area contributed by atoms with E-state index >= 15 is 0 Å². The van der Waals surface area contributed by atoms with Crippen molar-refractivity contribution in [2.75, 3.05) is 16.8 Å². The number of nitrogens with one attached hydrogen (secondary N) is 1. The molecule has 2 aliphatic rings. The van der Waals surface area contributed by atoms with Gasteiger partial charge in [0.25, 0.3) is 0 Å². The Morgan fingerprint density at radius 2 is 1.88 bits per heavy atom. The van der Waals surface area contributed by atoms with Crippen LogP contribution >= 0.6 is 11.8 Å². The summed E-state index contributed by atoms with van der Waals surface area (Å²) in [5.74, 6) is -4.05. The zero-order chi connectivity index (χ0) is 28.4. The lowest BCUT2D eigenvalue weighted by atomic mass is 9.71. The average Bonchev–Trinajstić information content (AvgIpc) is 3.44. The monoisotopic (exact) mass is 575 g/mol. The molecule has 1 fully saturated rings. The molecule has 3 N–H and O–H groups in total. The third-order valence-electron chi connectivity index (χ3n) is 7.37. The molecule has 8 nitrogen and oxygen atoms in total. The van der Waals surface area contributed by atoms with E-state index in [1.807, 2.05) is 31.2 Å². The average molecular weight is 576 g/mol. The molecule has 2 atom stereocenters. The largest absolute Gasteiger partial charge is 0.453 e. The van der Waals surface area contributed by atoms with Crippen molar-refractivity contribution < 1.29 is 26.7 Å². The molecule has 0 saturated carbocycles. The van der Waals surface area contributed by atoms with Crippen molar-refractivity contribution in [3.63, 3.8) is 0 Å². The van der Waals surface area contributed by atoms with E-state index < -0.39 is 30.4 Å². The molecule has 208 valence electrons. The summed E-state index contributed by atoms with van der Waals surface area (Å²) >= 11 is 1.65. The maximum Gasteiger partial charge on any atom is 0.453 e. The Morgan fingerprint density at radius 3 is 2.52 bits per heavy atom. The van der Waals surface area contributed by atoms with Crippen LogP contribution in [0.25, 0.3) is 17.2 Å². The third kappa shape index (κ3) is 3.99. The third-order valence-corrected chi connectivity index (χ3v) is 8.84. The SMILES string of the molecule is Cc1ccc(C2(C3CCS3)C(=O)Nc3nc(-c4cn5ccnc5c(CCC(F)(F)C(F)(F)F)n4)nc(N)c32)cc1. The van der Waals surface area contributed by atoms with E-state index in [1.54, 1.807) is 11.8 Å². The van der Waals surface area contributed by atoms with Gasteiger partial charge in [-0.25, -0.2) is 19.9 Å². The highest BCUT2D eigenvalue weighted by molar-refractivity contribution is 8.01. The Morgan fingerprint density at radius 1 is 1.15 bits per heavy atom. The number of halogens is 5. The van der Waals surface area contributed by atoms with E-state index in [9.17, 15) is 26.7 Å². The molecule has 0 radical (unpaired) electrons. The molecule has 0 spiro atoms. The van der Waals surface area contributed by atoms with E-state index in [0.717, 1.165) is 23.3 Å². The molecule has 1 saturated heterocycles. The van der Waals surface area contributed by atoms with E-state index in [-0.39, 0.29) is 45.7 Å². The fraction of sp³-hybridized carbons (Fsp3) is 0.346. The zero-order valence-electron chi connectivity index (χ0n) is 21.0. The van der Waals surface area contributed by atoms with Gasteiger partial charge in [0.05, 0.1) is 11.3 Å². The number of aromatic nitrogens is 5. The van der Waals surface area contributed by atoms with Gasteiger partial charge in [0, 0.05) is 30.3 Å². The molecule has 14 heteroatoms. The van der Waals surface area contributed by atoms with Gasteiger partial charge in [-0.05, 0) is 31.1 Å². The molecular weight excluding hydrogens is 553 g/mol. The lowest BCUT2D eigenvalue weighted by Crippen LogP contribution is -2.48. The summed E-state index contributed by atoms with van der Waals surface area (Å²) < 4.78 is 67.1. The van der Waals surface area contributed by atoms with Gasteiger partial charge in [0.1, 0.15) is 22.7 Å². The molecule has 0 aliphatic carbocycles. The van der Waals surface area contributed by atoms with Crippen LogP contribution in [0, 0.1) is 6.92 Å². The first-order valence-electron chi connectivity index (χ1n) is 12.4. The molecule has 5 heterocycles. The van der Waals surface area contributed by atoms with Gasteiger partial charge in [-0.15, -0.1) is 0 Å². The second-order valence-corrected chi connectivity index (χ2v) is 11.2. The van der Waals surface area contributed by atoms with Crippen molar-refractivity contribution >= 4 is 35.0 Å². The molecule has 0 bridgehead atoms. The molecular formula is C26H22F5N7OS. The minimum Gasteiger partial charge on any atom is -0.383 e. The Kier molecular flexibility index (Phi) is 6.02. The van der Waals surface area contributed by atoms with Gasteiger partial charge in [-0.1, -0.05) is 29.8 Å². The first kappa shape index (κ1) is 26.4. The normalized spacial score (nSPS) is 20.9. The van der Waals surface area contributed by atoms with Crippen molar-refractivity contribution in [1.29, 1.82) is 0 Å². The van der Waals surface area contributed by atoms with Crippen molar-refractivity contribution in [1.82, 2.24) is 24.3 Å². The van der Waals surface area contributed by atoms with E-state index in [2.05, 4.69) is 25.3 Å². The predicted octanol–water partition coefficient (Wildman–Crippen LogP) is 4.95. The molecule has 40 heavy (non-hydrogen) atoms. The lowest BCUT2D eigenvalue weighted by Gasteiger charge is -2.41. The van der Waals surface area contributed by atoms with Crippen molar-refractivity contribution in [3.05, 3.63) is 65.2 Å². The number of nitrogens with two attached hydrogens (primary N) is 1. The molecule has 4 aromatic rings. The van der Waals surface area contributed by atoms with Crippen LogP contribution in [0.15, 0.2) is 42.9 Å². The Hall–Kier alpha value is -3.81. The molecule has 1 amide bonds. The summed E-state index contributed by atoms with van der Waals surface area (Å²) in [7, 11) is 0. The maximum atomic E-state index is 13.7. The Bertz CT molecular complexity index is 1640. The zero-order valence-corrected chi connectivity index (χ0v) is 21.8. The summed E-state index contributed by atoms with van der Waals surface area (Å²) in [6.45, 7) is 1.95. The van der Waals surface area contributed by atoms with Crippen LogP contribution in [-0.2, 0) is 16.6 Å². The minimum absolute atomic E-state index is 0.0167. The predicted molar refractivity (Wildman–Crippen MR) is 139 cm³/mol. The Labute approximate surface area is 228 Å². The summed E-state index contributed by atoms with van der Waals surface area (Å²) in [4.78, 5) is 31.0. The smallest absolute Gasteiger partial charge is 0.383 e. The number of nitrogens with zero attached hydrogens (tertiary/aromatic N) is 5. The van der Waals surface area contributed by atoms with Crippen LogP contribution in [0.5, 0.6) is 0 Å². The summed E-state index contributed by atoms with van der Waals surface area (Å²) in [6, 6.07) is 7.64. The van der Waals surface area contributed by atoms with Gasteiger partial charge in [0.2, 0.25) is 5.91 Å². The van der Waals surface area contributed by atoms with Crippen molar-refractivity contribution in [3.8, 4) is 11.5 Å². The number of nitrogen functional groups attached to an aromatic ring is 1.